The number of thioether (sulfide) groups is 1. The molecule has 0 bridgehead atoms. The van der Waals surface area contributed by atoms with Gasteiger partial charge >= 0.3 is 0 Å². The summed E-state index contributed by atoms with van der Waals surface area (Å²) in [6, 6.07) is 0. The lowest BCUT2D eigenvalue weighted by atomic mass is 10.2. The normalized spacial score (nSPS) is 20.7. The molecule has 1 aromatic rings. The molecule has 1 fully saturated rings. The third-order valence-electron chi connectivity index (χ3n) is 2.71. The Bertz CT molecular complexity index is 384. The van der Waals surface area contributed by atoms with Gasteiger partial charge in [0.1, 0.15) is 0 Å². The fourth-order valence-corrected chi connectivity index (χ4v) is 2.88. The first-order valence-electron chi connectivity index (χ1n) is 5.41. The van der Waals surface area contributed by atoms with Gasteiger partial charge in [0, 0.05) is 0 Å². The smallest absolute Gasteiger partial charge is 0.238 e. The molecule has 2 heterocycles. The topological polar surface area (TPSA) is 83.8 Å². The molecule has 0 aliphatic carbocycles. The Morgan fingerprint density at radius 1 is 1.62 bits per heavy atom. The lowest BCUT2D eigenvalue weighted by Gasteiger charge is -2.19. The van der Waals surface area contributed by atoms with E-state index in [1.807, 2.05) is 6.92 Å². The largest absolute Gasteiger partial charge is 0.394 e. The summed E-state index contributed by atoms with van der Waals surface area (Å²) in [6.45, 7) is 1.83. The summed E-state index contributed by atoms with van der Waals surface area (Å²) in [7, 11) is 0. The minimum Gasteiger partial charge on any atom is -0.394 e. The average Bonchev–Trinajstić information content (AvgIpc) is 2.62. The lowest BCUT2D eigenvalue weighted by molar-refractivity contribution is -0.115. The molecule has 16 heavy (non-hydrogen) atoms. The number of amides is 1. The summed E-state index contributed by atoms with van der Waals surface area (Å²) in [5, 5.41) is 9.53. The molecular weight excluding hydrogens is 224 g/mol. The van der Waals surface area contributed by atoms with Crippen LogP contribution in [0.3, 0.4) is 0 Å². The first-order valence-corrected chi connectivity index (χ1v) is 6.46. The molecule has 1 atom stereocenters. The minimum absolute atomic E-state index is 0.0166. The number of aromatic amines is 1. The highest BCUT2D eigenvalue weighted by molar-refractivity contribution is 8.00. The highest BCUT2D eigenvalue weighted by Gasteiger charge is 2.23. The van der Waals surface area contributed by atoms with Crippen molar-refractivity contribution in [1.82, 2.24) is 10.2 Å². The summed E-state index contributed by atoms with van der Waals surface area (Å²) in [4.78, 5) is 11.9. The molecule has 88 valence electrons. The zero-order chi connectivity index (χ0) is 11.5. The Labute approximate surface area is 98.6 Å². The van der Waals surface area contributed by atoms with Crippen molar-refractivity contribution in [2.24, 2.45) is 0 Å². The maximum Gasteiger partial charge on any atom is 0.238 e. The predicted molar refractivity (Wildman–Crippen MR) is 66.5 cm³/mol. The molecule has 5 nitrogen and oxygen atoms in total. The van der Waals surface area contributed by atoms with E-state index in [0.29, 0.717) is 11.5 Å². The summed E-state index contributed by atoms with van der Waals surface area (Å²) in [5.41, 5.74) is 7.07. The van der Waals surface area contributed by atoms with E-state index in [-0.39, 0.29) is 11.2 Å². The molecule has 1 aliphatic rings. The molecule has 4 N–H and O–H groups in total. The number of H-pyrrole nitrogens is 1. The number of aromatic nitrogens is 2. The van der Waals surface area contributed by atoms with Crippen molar-refractivity contribution in [3.8, 4) is 0 Å². The molecule has 1 unspecified atom stereocenters. The van der Waals surface area contributed by atoms with E-state index < -0.39 is 0 Å². The number of hydrogen-bond donors (Lipinski definition) is 3. The minimum atomic E-state index is 0.0166. The van der Waals surface area contributed by atoms with Gasteiger partial charge in [0.2, 0.25) is 5.91 Å². The number of nitrogens with zero attached hydrogens (tertiary/aromatic N) is 1. The Morgan fingerprint density at radius 3 is 3.00 bits per heavy atom. The number of hydrogen-bond acceptors (Lipinski definition) is 4. The first-order chi connectivity index (χ1) is 7.68. The average molecular weight is 240 g/mol. The Balaban J connectivity index is 1.98. The van der Waals surface area contributed by atoms with Crippen LogP contribution in [0, 0.1) is 6.92 Å². The second-order valence-corrected chi connectivity index (χ2v) is 5.27. The lowest BCUT2D eigenvalue weighted by Crippen LogP contribution is -2.27. The molecule has 0 spiro atoms. The number of nitrogens with one attached hydrogen (secondary N) is 2. The molecule has 6 heteroatoms. The number of nitrogen functional groups attached to an aromatic ring is 1. The van der Waals surface area contributed by atoms with Crippen molar-refractivity contribution in [1.29, 1.82) is 0 Å². The molecule has 1 saturated heterocycles. The van der Waals surface area contributed by atoms with E-state index in [9.17, 15) is 4.79 Å². The summed E-state index contributed by atoms with van der Waals surface area (Å²) >= 11 is 1.71. The van der Waals surface area contributed by atoms with Crippen molar-refractivity contribution in [2.45, 2.75) is 31.4 Å². The van der Waals surface area contributed by atoms with Crippen molar-refractivity contribution >= 4 is 29.2 Å². The van der Waals surface area contributed by atoms with Gasteiger partial charge in [-0.25, -0.2) is 0 Å². The Kier molecular flexibility index (Phi) is 3.38. The molecular formula is C10H16N4OS. The fraction of sp³-hybridized carbons (Fsp3) is 0.600. The quantitative estimate of drug-likeness (QED) is 0.732. The first kappa shape index (κ1) is 11.3. The van der Waals surface area contributed by atoms with E-state index in [0.717, 1.165) is 24.3 Å². The van der Waals surface area contributed by atoms with Crippen molar-refractivity contribution in [2.75, 3.05) is 16.8 Å². The van der Waals surface area contributed by atoms with Crippen LogP contribution >= 0.6 is 11.8 Å². The van der Waals surface area contributed by atoms with Crippen molar-refractivity contribution in [3.05, 3.63) is 5.69 Å². The van der Waals surface area contributed by atoms with Gasteiger partial charge in [-0.1, -0.05) is 6.42 Å². The maximum atomic E-state index is 11.9. The SMILES string of the molecule is Cc1[nH]nc(NC(=O)C2CCCCS2)c1N. The molecule has 0 aromatic carbocycles. The molecule has 1 amide bonds. The number of carbonyl (C=O) groups is 1. The van der Waals surface area contributed by atoms with E-state index >= 15 is 0 Å². The van der Waals surface area contributed by atoms with Crippen LogP contribution in [0.5, 0.6) is 0 Å². The Morgan fingerprint density at radius 2 is 2.44 bits per heavy atom. The standard InChI is InChI=1S/C10H16N4OS/c1-6-8(11)9(14-13-6)12-10(15)7-4-2-3-5-16-7/h7H,2-5,11H2,1H3,(H2,12,13,14,15). The monoisotopic (exact) mass is 240 g/mol. The third kappa shape index (κ3) is 2.32. The van der Waals surface area contributed by atoms with Crippen LogP contribution < -0.4 is 11.1 Å². The van der Waals surface area contributed by atoms with Crippen molar-refractivity contribution < 1.29 is 4.79 Å². The van der Waals surface area contributed by atoms with Gasteiger partial charge in [0.05, 0.1) is 16.6 Å². The Hall–Kier alpha value is -1.17. The molecule has 0 radical (unpaired) electrons. The van der Waals surface area contributed by atoms with Crippen LogP contribution in [0.4, 0.5) is 11.5 Å². The van der Waals surface area contributed by atoms with Crippen LogP contribution in [-0.4, -0.2) is 27.1 Å². The predicted octanol–water partition coefficient (Wildman–Crippen LogP) is 1.52. The van der Waals surface area contributed by atoms with Gasteiger partial charge in [-0.2, -0.15) is 5.10 Å². The highest BCUT2D eigenvalue weighted by Crippen LogP contribution is 2.27. The van der Waals surface area contributed by atoms with Gasteiger partial charge in [0.25, 0.3) is 0 Å². The summed E-state index contributed by atoms with van der Waals surface area (Å²) in [5.74, 6) is 1.53. The molecule has 1 aliphatic heterocycles. The number of aryl methyl sites for hydroxylation is 1. The maximum absolute atomic E-state index is 11.9. The zero-order valence-corrected chi connectivity index (χ0v) is 10.1. The second kappa shape index (κ2) is 4.78. The number of rotatable bonds is 2. The van der Waals surface area contributed by atoms with E-state index in [1.165, 1.54) is 6.42 Å². The molecule has 2 rings (SSSR count). The summed E-state index contributed by atoms with van der Waals surface area (Å²) in [6.07, 6.45) is 3.28. The van der Waals surface area contributed by atoms with Gasteiger partial charge in [-0.15, -0.1) is 11.8 Å². The van der Waals surface area contributed by atoms with Crippen LogP contribution in [0.25, 0.3) is 0 Å². The zero-order valence-electron chi connectivity index (χ0n) is 9.25. The van der Waals surface area contributed by atoms with Gasteiger partial charge < -0.3 is 11.1 Å². The third-order valence-corrected chi connectivity index (χ3v) is 4.08. The van der Waals surface area contributed by atoms with Gasteiger partial charge in [-0.05, 0) is 25.5 Å². The molecule has 0 saturated carbocycles. The highest BCUT2D eigenvalue weighted by atomic mass is 32.2. The van der Waals surface area contributed by atoms with Crippen LogP contribution in [0.15, 0.2) is 0 Å². The van der Waals surface area contributed by atoms with E-state index in [4.69, 9.17) is 5.73 Å². The van der Waals surface area contributed by atoms with Crippen LogP contribution in [-0.2, 0) is 4.79 Å². The van der Waals surface area contributed by atoms with Gasteiger partial charge in [0.15, 0.2) is 5.82 Å². The summed E-state index contributed by atoms with van der Waals surface area (Å²) < 4.78 is 0. The van der Waals surface area contributed by atoms with Gasteiger partial charge in [-0.3, -0.25) is 9.89 Å². The van der Waals surface area contributed by atoms with E-state index in [2.05, 4.69) is 15.5 Å². The second-order valence-electron chi connectivity index (χ2n) is 3.96. The number of anilines is 2. The van der Waals surface area contributed by atoms with E-state index in [1.54, 1.807) is 11.8 Å². The fourth-order valence-electron chi connectivity index (χ4n) is 1.68. The van der Waals surface area contributed by atoms with Crippen LogP contribution in [0.1, 0.15) is 25.0 Å². The number of carbonyl (C=O) groups excluding carboxylic acids is 1. The molecule has 1 aromatic heterocycles. The van der Waals surface area contributed by atoms with Crippen LogP contribution in [0.2, 0.25) is 0 Å². The van der Waals surface area contributed by atoms with Crippen molar-refractivity contribution in [3.63, 3.8) is 0 Å². The number of nitrogens with two attached hydrogens (primary N) is 1.